The van der Waals surface area contributed by atoms with Crippen molar-refractivity contribution in [2.24, 2.45) is 7.05 Å². The van der Waals surface area contributed by atoms with Crippen LogP contribution in [0.5, 0.6) is 0 Å². The molecule has 0 aliphatic carbocycles. The van der Waals surface area contributed by atoms with E-state index in [9.17, 15) is 0 Å². The van der Waals surface area contributed by atoms with Gasteiger partial charge in [0, 0.05) is 12.7 Å². The highest BCUT2D eigenvalue weighted by molar-refractivity contribution is 9.10. The molecule has 20 heavy (non-hydrogen) atoms. The highest BCUT2D eigenvalue weighted by atomic mass is 79.9. The molecule has 0 saturated carbocycles. The molecule has 8 heteroatoms. The molecule has 2 aromatic rings. The van der Waals surface area contributed by atoms with Gasteiger partial charge in [-0.3, -0.25) is 4.68 Å². The third kappa shape index (κ3) is 3.85. The van der Waals surface area contributed by atoms with Crippen LogP contribution in [0.1, 0.15) is 5.69 Å². The van der Waals surface area contributed by atoms with E-state index in [2.05, 4.69) is 31.7 Å². The van der Waals surface area contributed by atoms with Gasteiger partial charge in [0.15, 0.2) is 5.11 Å². The van der Waals surface area contributed by atoms with Gasteiger partial charge in [0.2, 0.25) is 0 Å². The summed E-state index contributed by atoms with van der Waals surface area (Å²) in [4.78, 5) is 0. The van der Waals surface area contributed by atoms with Crippen LogP contribution < -0.4 is 10.6 Å². The minimum atomic E-state index is 0.480. The van der Waals surface area contributed by atoms with Crippen LogP contribution in [-0.4, -0.2) is 14.9 Å². The highest BCUT2D eigenvalue weighted by Gasteiger charge is 2.07. The van der Waals surface area contributed by atoms with E-state index in [1.165, 1.54) is 0 Å². The molecule has 0 atom stereocenters. The molecule has 0 amide bonds. The van der Waals surface area contributed by atoms with Crippen molar-refractivity contribution in [2.45, 2.75) is 6.54 Å². The van der Waals surface area contributed by atoms with Crippen molar-refractivity contribution in [3.63, 3.8) is 0 Å². The molecule has 2 N–H and O–H groups in total. The molecule has 4 nitrogen and oxygen atoms in total. The maximum Gasteiger partial charge on any atom is 0.171 e. The van der Waals surface area contributed by atoms with E-state index < -0.39 is 0 Å². The van der Waals surface area contributed by atoms with Crippen molar-refractivity contribution >= 4 is 62.1 Å². The fraction of sp³-hybridized carbons (Fsp3) is 0.167. The first kappa shape index (κ1) is 15.6. The fourth-order valence-electron chi connectivity index (χ4n) is 1.55. The Morgan fingerprint density at radius 2 is 2.15 bits per heavy atom. The summed E-state index contributed by atoms with van der Waals surface area (Å²) in [5.41, 5.74) is 1.78. The topological polar surface area (TPSA) is 41.9 Å². The van der Waals surface area contributed by atoms with Gasteiger partial charge in [0.1, 0.15) is 0 Å². The summed E-state index contributed by atoms with van der Waals surface area (Å²) in [6, 6.07) is 5.24. The van der Waals surface area contributed by atoms with Crippen molar-refractivity contribution in [3.8, 4) is 0 Å². The number of aromatic nitrogens is 2. The van der Waals surface area contributed by atoms with Crippen molar-refractivity contribution < 1.29 is 0 Å². The Kier molecular flexibility index (Phi) is 5.26. The Morgan fingerprint density at radius 3 is 2.75 bits per heavy atom. The molecule has 0 bridgehead atoms. The predicted octanol–water partition coefficient (Wildman–Crippen LogP) is 3.98. The number of nitrogens with zero attached hydrogens (tertiary/aromatic N) is 2. The summed E-state index contributed by atoms with van der Waals surface area (Å²) in [5.74, 6) is 0. The first-order valence-electron chi connectivity index (χ1n) is 5.63. The predicted molar refractivity (Wildman–Crippen MR) is 90.4 cm³/mol. The van der Waals surface area contributed by atoms with Crippen molar-refractivity contribution in [1.82, 2.24) is 15.1 Å². The van der Waals surface area contributed by atoms with E-state index >= 15 is 0 Å². The molecular formula is C12H11BrCl2N4S. The normalized spacial score (nSPS) is 10.4. The van der Waals surface area contributed by atoms with Crippen molar-refractivity contribution in [2.75, 3.05) is 5.32 Å². The molecule has 0 saturated heterocycles. The van der Waals surface area contributed by atoms with Gasteiger partial charge < -0.3 is 10.6 Å². The number of benzene rings is 1. The molecule has 0 aliphatic heterocycles. The van der Waals surface area contributed by atoms with E-state index in [-0.39, 0.29) is 0 Å². The summed E-state index contributed by atoms with van der Waals surface area (Å²) in [5, 5.41) is 11.8. The molecule has 0 fully saturated rings. The quantitative estimate of drug-likeness (QED) is 0.774. The van der Waals surface area contributed by atoms with Crippen molar-refractivity contribution in [1.29, 1.82) is 0 Å². The number of hydrogen-bond acceptors (Lipinski definition) is 2. The zero-order chi connectivity index (χ0) is 14.7. The van der Waals surface area contributed by atoms with Crippen LogP contribution in [0.2, 0.25) is 10.0 Å². The third-order valence-corrected chi connectivity index (χ3v) is 4.25. The molecule has 1 aromatic heterocycles. The summed E-state index contributed by atoms with van der Waals surface area (Å²) >= 11 is 20.5. The first-order valence-corrected chi connectivity index (χ1v) is 7.59. The average Bonchev–Trinajstić information content (AvgIpc) is 2.71. The SMILES string of the molecule is Cn1ncc(Br)c1CNC(=S)Nc1ccc(Cl)c(Cl)c1. The summed E-state index contributed by atoms with van der Waals surface area (Å²) in [6.45, 7) is 0.560. The highest BCUT2D eigenvalue weighted by Crippen LogP contribution is 2.24. The molecular weight excluding hydrogens is 383 g/mol. The Morgan fingerprint density at radius 1 is 1.40 bits per heavy atom. The third-order valence-electron chi connectivity index (χ3n) is 2.60. The Labute approximate surface area is 140 Å². The van der Waals surface area contributed by atoms with Crippen LogP contribution in [0.4, 0.5) is 5.69 Å². The standard InChI is InChI=1S/C12H11BrCl2N4S/c1-19-11(8(13)5-17-19)6-16-12(20)18-7-2-3-9(14)10(15)4-7/h2-5H,6H2,1H3,(H2,16,18,20). The number of hydrogen-bond donors (Lipinski definition) is 2. The summed E-state index contributed by atoms with van der Waals surface area (Å²) < 4.78 is 2.71. The maximum absolute atomic E-state index is 5.94. The van der Waals surface area contributed by atoms with Crippen LogP contribution in [0.25, 0.3) is 0 Å². The van der Waals surface area contributed by atoms with E-state index in [0.29, 0.717) is 21.7 Å². The zero-order valence-corrected chi connectivity index (χ0v) is 14.4. The molecule has 0 aliphatic rings. The van der Waals surface area contributed by atoms with Crippen LogP contribution >= 0.6 is 51.3 Å². The van der Waals surface area contributed by atoms with E-state index in [4.69, 9.17) is 35.4 Å². The minimum absolute atomic E-state index is 0.480. The van der Waals surface area contributed by atoms with Crippen LogP contribution in [-0.2, 0) is 13.6 Å². The maximum atomic E-state index is 5.94. The minimum Gasteiger partial charge on any atom is -0.357 e. The second-order valence-corrected chi connectivity index (χ2v) is 6.08. The second kappa shape index (κ2) is 6.76. The Hall–Kier alpha value is -0.820. The number of anilines is 1. The van der Waals surface area contributed by atoms with Gasteiger partial charge in [-0.05, 0) is 46.3 Å². The molecule has 2 rings (SSSR count). The van der Waals surface area contributed by atoms with Gasteiger partial charge >= 0.3 is 0 Å². The van der Waals surface area contributed by atoms with E-state index in [1.54, 1.807) is 23.0 Å². The lowest BCUT2D eigenvalue weighted by Gasteiger charge is -2.11. The largest absolute Gasteiger partial charge is 0.357 e. The van der Waals surface area contributed by atoms with Gasteiger partial charge in [-0.1, -0.05) is 23.2 Å². The number of thiocarbonyl (C=S) groups is 1. The molecule has 1 heterocycles. The van der Waals surface area contributed by atoms with E-state index in [0.717, 1.165) is 15.9 Å². The lowest BCUT2D eigenvalue weighted by atomic mass is 10.3. The van der Waals surface area contributed by atoms with Crippen LogP contribution in [0, 0.1) is 0 Å². The fourth-order valence-corrected chi connectivity index (χ4v) is 2.52. The molecule has 0 radical (unpaired) electrons. The lowest BCUT2D eigenvalue weighted by molar-refractivity contribution is 0.693. The Balaban J connectivity index is 1.94. The molecule has 0 unspecified atom stereocenters. The number of nitrogens with one attached hydrogen (secondary N) is 2. The van der Waals surface area contributed by atoms with Crippen LogP contribution in [0.3, 0.4) is 0 Å². The smallest absolute Gasteiger partial charge is 0.171 e. The molecule has 1 aromatic carbocycles. The molecule has 106 valence electrons. The van der Waals surface area contributed by atoms with E-state index in [1.807, 2.05) is 13.1 Å². The van der Waals surface area contributed by atoms with Crippen molar-refractivity contribution in [3.05, 3.63) is 44.6 Å². The number of rotatable bonds is 3. The average molecular weight is 394 g/mol. The molecule has 0 spiro atoms. The lowest BCUT2D eigenvalue weighted by Crippen LogP contribution is -2.28. The van der Waals surface area contributed by atoms with Gasteiger partial charge in [0.05, 0.1) is 33.0 Å². The van der Waals surface area contributed by atoms with Gasteiger partial charge in [0.25, 0.3) is 0 Å². The van der Waals surface area contributed by atoms with Crippen LogP contribution in [0.15, 0.2) is 28.9 Å². The number of aryl methyl sites for hydroxylation is 1. The number of halogens is 3. The van der Waals surface area contributed by atoms with Gasteiger partial charge in [-0.15, -0.1) is 0 Å². The van der Waals surface area contributed by atoms with Gasteiger partial charge in [-0.25, -0.2) is 0 Å². The Bertz CT molecular complexity index is 625. The zero-order valence-electron chi connectivity index (χ0n) is 10.5. The second-order valence-electron chi connectivity index (χ2n) is 4.00. The van der Waals surface area contributed by atoms with Gasteiger partial charge in [-0.2, -0.15) is 5.10 Å². The first-order chi connectivity index (χ1) is 9.47. The monoisotopic (exact) mass is 392 g/mol. The summed E-state index contributed by atoms with van der Waals surface area (Å²) in [7, 11) is 1.87. The summed E-state index contributed by atoms with van der Waals surface area (Å²) in [6.07, 6.45) is 1.74.